The Morgan fingerprint density at radius 3 is 2.57 bits per heavy atom. The molecule has 0 aromatic carbocycles. The lowest BCUT2D eigenvalue weighted by Gasteiger charge is -2.31. The van der Waals surface area contributed by atoms with E-state index in [2.05, 4.69) is 10.3 Å². The van der Waals surface area contributed by atoms with Crippen molar-refractivity contribution in [2.24, 2.45) is 5.92 Å². The molecule has 1 aromatic heterocycles. The molecule has 0 bridgehead atoms. The molecule has 126 valence electrons. The van der Waals surface area contributed by atoms with E-state index in [1.807, 2.05) is 10.8 Å². The van der Waals surface area contributed by atoms with Crippen molar-refractivity contribution < 1.29 is 14.7 Å². The smallest absolute Gasteiger partial charge is 0.223 e. The fraction of sp³-hybridized carbons (Fsp3) is 0.688. The first-order valence-corrected chi connectivity index (χ1v) is 8.27. The molecule has 0 unspecified atom stereocenters. The summed E-state index contributed by atoms with van der Waals surface area (Å²) in [7, 11) is 0. The number of hydrogen-bond acceptors (Lipinski definition) is 4. The van der Waals surface area contributed by atoms with Crippen molar-refractivity contribution in [3.63, 3.8) is 0 Å². The Hall–Kier alpha value is -1.89. The van der Waals surface area contributed by atoms with Gasteiger partial charge in [0.25, 0.3) is 0 Å². The summed E-state index contributed by atoms with van der Waals surface area (Å²) < 4.78 is 1.90. The van der Waals surface area contributed by atoms with Gasteiger partial charge in [-0.1, -0.05) is 0 Å². The summed E-state index contributed by atoms with van der Waals surface area (Å²) in [5, 5.41) is 13.5. The van der Waals surface area contributed by atoms with Crippen molar-refractivity contribution in [1.29, 1.82) is 0 Å². The van der Waals surface area contributed by atoms with Crippen molar-refractivity contribution in [2.75, 3.05) is 13.1 Å². The molecule has 1 aliphatic carbocycles. The summed E-state index contributed by atoms with van der Waals surface area (Å²) in [6, 6.07) is -0.233. The third kappa shape index (κ3) is 3.39. The SMILES string of the molecule is CC(=O)N1CCC(C(=O)N[C@@H]2CC[C@@H](n3ccnc3)[C@@H]2O)CC1. The van der Waals surface area contributed by atoms with Crippen LogP contribution in [0, 0.1) is 5.92 Å². The molecule has 0 spiro atoms. The molecule has 23 heavy (non-hydrogen) atoms. The number of imidazole rings is 1. The number of piperidine rings is 1. The van der Waals surface area contributed by atoms with E-state index >= 15 is 0 Å². The van der Waals surface area contributed by atoms with Crippen molar-refractivity contribution in [3.8, 4) is 0 Å². The van der Waals surface area contributed by atoms with Gasteiger partial charge in [0.05, 0.1) is 24.5 Å². The second-order valence-corrected chi connectivity index (χ2v) is 6.54. The Bertz CT molecular complexity index is 552. The Morgan fingerprint density at radius 2 is 1.96 bits per heavy atom. The average molecular weight is 320 g/mol. The highest BCUT2D eigenvalue weighted by Gasteiger charge is 2.37. The van der Waals surface area contributed by atoms with Gasteiger partial charge in [0, 0.05) is 38.3 Å². The highest BCUT2D eigenvalue weighted by atomic mass is 16.3. The van der Waals surface area contributed by atoms with Crippen LogP contribution >= 0.6 is 0 Å². The summed E-state index contributed by atoms with van der Waals surface area (Å²) in [5.41, 5.74) is 0. The molecule has 7 heteroatoms. The van der Waals surface area contributed by atoms with Crippen LogP contribution in [0.2, 0.25) is 0 Å². The largest absolute Gasteiger partial charge is 0.389 e. The summed E-state index contributed by atoms with van der Waals surface area (Å²) in [5.74, 6) is 0.00637. The normalized spacial score (nSPS) is 28.8. The minimum Gasteiger partial charge on any atom is -0.389 e. The number of carbonyl (C=O) groups excluding carboxylic acids is 2. The Balaban J connectivity index is 1.52. The Labute approximate surface area is 135 Å². The highest BCUT2D eigenvalue weighted by molar-refractivity contribution is 5.80. The van der Waals surface area contributed by atoms with E-state index < -0.39 is 6.10 Å². The maximum absolute atomic E-state index is 12.4. The molecule has 3 rings (SSSR count). The van der Waals surface area contributed by atoms with Gasteiger partial charge >= 0.3 is 0 Å². The fourth-order valence-corrected chi connectivity index (χ4v) is 3.67. The number of amides is 2. The van der Waals surface area contributed by atoms with Crippen molar-refractivity contribution in [3.05, 3.63) is 18.7 Å². The topological polar surface area (TPSA) is 87.5 Å². The van der Waals surface area contributed by atoms with Gasteiger partial charge in [-0.05, 0) is 25.7 Å². The van der Waals surface area contributed by atoms with Gasteiger partial charge in [-0.25, -0.2) is 4.98 Å². The molecule has 1 saturated heterocycles. The molecule has 2 amide bonds. The monoisotopic (exact) mass is 320 g/mol. The van der Waals surface area contributed by atoms with Gasteiger partial charge < -0.3 is 19.9 Å². The maximum atomic E-state index is 12.4. The van der Waals surface area contributed by atoms with E-state index in [0.29, 0.717) is 25.9 Å². The van der Waals surface area contributed by atoms with E-state index in [1.54, 1.807) is 24.3 Å². The van der Waals surface area contributed by atoms with Crippen LogP contribution in [0.15, 0.2) is 18.7 Å². The predicted octanol–water partition coefficient (Wildman–Crippen LogP) is 0.322. The number of aromatic nitrogens is 2. The molecule has 2 N–H and O–H groups in total. The molecule has 2 heterocycles. The summed E-state index contributed by atoms with van der Waals surface area (Å²) in [6.07, 6.45) is 7.63. The van der Waals surface area contributed by atoms with Crippen molar-refractivity contribution >= 4 is 11.8 Å². The third-order valence-corrected chi connectivity index (χ3v) is 5.13. The lowest BCUT2D eigenvalue weighted by molar-refractivity contribution is -0.134. The van der Waals surface area contributed by atoms with Crippen molar-refractivity contribution in [1.82, 2.24) is 19.8 Å². The zero-order chi connectivity index (χ0) is 16.4. The van der Waals surface area contributed by atoms with Crippen LogP contribution < -0.4 is 5.32 Å². The second kappa shape index (κ2) is 6.70. The van der Waals surface area contributed by atoms with Gasteiger partial charge in [0.15, 0.2) is 0 Å². The number of aliphatic hydroxyl groups is 1. The predicted molar refractivity (Wildman–Crippen MR) is 83.4 cm³/mol. The Morgan fingerprint density at radius 1 is 1.22 bits per heavy atom. The summed E-state index contributed by atoms with van der Waals surface area (Å²) in [6.45, 7) is 2.84. The van der Waals surface area contributed by atoms with Gasteiger partial charge in [-0.3, -0.25) is 9.59 Å². The number of carbonyl (C=O) groups is 2. The van der Waals surface area contributed by atoms with Gasteiger partial charge in [0.1, 0.15) is 0 Å². The molecular weight excluding hydrogens is 296 g/mol. The van der Waals surface area contributed by atoms with E-state index in [-0.39, 0.29) is 29.8 Å². The van der Waals surface area contributed by atoms with Gasteiger partial charge in [-0.15, -0.1) is 0 Å². The molecule has 0 radical (unpaired) electrons. The van der Waals surface area contributed by atoms with Crippen LogP contribution in [0.25, 0.3) is 0 Å². The van der Waals surface area contributed by atoms with E-state index in [9.17, 15) is 14.7 Å². The van der Waals surface area contributed by atoms with Crippen molar-refractivity contribution in [2.45, 2.75) is 50.8 Å². The number of hydrogen-bond donors (Lipinski definition) is 2. The maximum Gasteiger partial charge on any atom is 0.223 e. The van der Waals surface area contributed by atoms with Gasteiger partial charge in [0.2, 0.25) is 11.8 Å². The second-order valence-electron chi connectivity index (χ2n) is 6.54. The van der Waals surface area contributed by atoms with Crippen LogP contribution in [0.4, 0.5) is 0 Å². The van der Waals surface area contributed by atoms with Crippen LogP contribution in [-0.4, -0.2) is 56.6 Å². The lowest BCUT2D eigenvalue weighted by Crippen LogP contribution is -2.47. The van der Waals surface area contributed by atoms with Crippen LogP contribution in [0.5, 0.6) is 0 Å². The van der Waals surface area contributed by atoms with E-state index in [0.717, 1.165) is 12.8 Å². The molecule has 3 atom stereocenters. The zero-order valence-electron chi connectivity index (χ0n) is 13.4. The average Bonchev–Trinajstić information content (AvgIpc) is 3.18. The molecule has 1 aromatic rings. The fourth-order valence-electron chi connectivity index (χ4n) is 3.67. The van der Waals surface area contributed by atoms with Crippen LogP contribution in [0.3, 0.4) is 0 Å². The number of rotatable bonds is 3. The lowest BCUT2D eigenvalue weighted by atomic mass is 9.95. The molecule has 2 aliphatic rings. The molecular formula is C16H24N4O3. The van der Waals surface area contributed by atoms with E-state index in [4.69, 9.17) is 0 Å². The summed E-state index contributed by atoms with van der Waals surface area (Å²) >= 11 is 0. The quantitative estimate of drug-likeness (QED) is 0.840. The van der Waals surface area contributed by atoms with E-state index in [1.165, 1.54) is 0 Å². The molecule has 1 saturated carbocycles. The minimum absolute atomic E-state index is 0.00327. The van der Waals surface area contributed by atoms with Crippen LogP contribution in [0.1, 0.15) is 38.6 Å². The molecule has 2 fully saturated rings. The van der Waals surface area contributed by atoms with Gasteiger partial charge in [-0.2, -0.15) is 0 Å². The molecule has 7 nitrogen and oxygen atoms in total. The number of likely N-dealkylation sites (tertiary alicyclic amines) is 1. The molecule has 1 aliphatic heterocycles. The number of aliphatic hydroxyl groups excluding tert-OH is 1. The first-order valence-electron chi connectivity index (χ1n) is 8.27. The Kier molecular flexibility index (Phi) is 4.66. The first kappa shape index (κ1) is 16.0. The summed E-state index contributed by atoms with van der Waals surface area (Å²) in [4.78, 5) is 29.6. The number of nitrogens with one attached hydrogen (secondary N) is 1. The highest BCUT2D eigenvalue weighted by Crippen LogP contribution is 2.31. The number of nitrogens with zero attached hydrogens (tertiary/aromatic N) is 3. The first-order chi connectivity index (χ1) is 11.1. The zero-order valence-corrected chi connectivity index (χ0v) is 13.4. The van der Waals surface area contributed by atoms with Crippen LogP contribution in [-0.2, 0) is 9.59 Å². The standard InChI is InChI=1S/C16H24N4O3/c1-11(21)19-7-4-12(5-8-19)16(23)18-13-2-3-14(15(13)22)20-9-6-17-10-20/h6,9-10,12-15,22H,2-5,7-8H2,1H3,(H,18,23)/t13-,14-,15-/m1/s1. The third-order valence-electron chi connectivity index (χ3n) is 5.13. The minimum atomic E-state index is -0.592.